The first kappa shape index (κ1) is 25.0. The number of ketones is 1. The monoisotopic (exact) mass is 497 g/mol. The fourth-order valence-corrected chi connectivity index (χ4v) is 4.71. The van der Waals surface area contributed by atoms with Crippen molar-refractivity contribution in [3.63, 3.8) is 0 Å². The second-order valence-electron chi connectivity index (χ2n) is 8.83. The summed E-state index contributed by atoms with van der Waals surface area (Å²) in [5, 5.41) is 25.2. The number of nitrogens with one attached hydrogen (secondary N) is 1. The molecule has 3 heterocycles. The molecule has 0 bridgehead atoms. The van der Waals surface area contributed by atoms with Crippen LogP contribution >= 0.6 is 11.3 Å². The number of carbonyl (C=O) groups excluding carboxylic acids is 2. The van der Waals surface area contributed by atoms with E-state index < -0.39 is 17.2 Å². The van der Waals surface area contributed by atoms with Crippen molar-refractivity contribution in [3.8, 4) is 11.3 Å². The average molecular weight is 498 g/mol. The van der Waals surface area contributed by atoms with Crippen molar-refractivity contribution in [2.75, 3.05) is 31.6 Å². The Morgan fingerprint density at radius 1 is 1.14 bits per heavy atom. The number of hydrogen-bond donors (Lipinski definition) is 3. The predicted molar refractivity (Wildman–Crippen MR) is 129 cm³/mol. The van der Waals surface area contributed by atoms with Gasteiger partial charge in [0.1, 0.15) is 16.9 Å². The molecule has 184 valence electrons. The summed E-state index contributed by atoms with van der Waals surface area (Å²) >= 11 is 0.984. The number of benzene rings is 1. The van der Waals surface area contributed by atoms with Crippen LogP contribution in [-0.2, 0) is 15.4 Å². The second-order valence-corrected chi connectivity index (χ2v) is 9.83. The van der Waals surface area contributed by atoms with Crippen molar-refractivity contribution in [2.24, 2.45) is 5.41 Å². The third kappa shape index (κ3) is 5.60. The van der Waals surface area contributed by atoms with E-state index in [9.17, 15) is 19.8 Å². The summed E-state index contributed by atoms with van der Waals surface area (Å²) in [6, 6.07) is 10.6. The summed E-state index contributed by atoms with van der Waals surface area (Å²) in [7, 11) is 0. The zero-order valence-corrected chi connectivity index (χ0v) is 20.3. The van der Waals surface area contributed by atoms with E-state index in [1.807, 2.05) is 30.3 Å². The summed E-state index contributed by atoms with van der Waals surface area (Å²) < 4.78 is 5.34. The van der Waals surface area contributed by atoms with Crippen LogP contribution in [0.1, 0.15) is 35.6 Å². The zero-order chi connectivity index (χ0) is 25.1. The van der Waals surface area contributed by atoms with Crippen LogP contribution in [0.4, 0.5) is 5.13 Å². The molecule has 0 aliphatic carbocycles. The van der Waals surface area contributed by atoms with Gasteiger partial charge in [0, 0.05) is 31.3 Å². The van der Waals surface area contributed by atoms with E-state index in [4.69, 9.17) is 4.74 Å². The number of anilines is 1. The second kappa shape index (κ2) is 10.3. The lowest BCUT2D eigenvalue weighted by Crippen LogP contribution is -2.51. The number of hydrogen-bond acceptors (Lipinski definition) is 10. The number of carbonyl (C=O) groups is 2. The fraction of sp³-hybridized carbons (Fsp3) is 0.375. The Morgan fingerprint density at radius 3 is 2.51 bits per heavy atom. The Labute approximate surface area is 206 Å². The fourth-order valence-electron chi connectivity index (χ4n) is 3.71. The summed E-state index contributed by atoms with van der Waals surface area (Å²) in [5.41, 5.74) is 0.204. The largest absolute Gasteiger partial charge is 0.379 e. The standard InChI is InChI=1S/C24H27N5O5S/c1-23(2,14-18(30)17-8-9-25-15-26-17)21(31)28-22-27-19(16-6-4-3-5-7-16)20(35-22)24(32,33)29-10-12-34-13-11-29/h3-9,15,32-33H,10-14H2,1-2H3,(H,27,28,31). The molecule has 11 heteroatoms. The molecule has 0 unspecified atom stereocenters. The van der Waals surface area contributed by atoms with Gasteiger partial charge < -0.3 is 20.3 Å². The van der Waals surface area contributed by atoms with Crippen molar-refractivity contribution >= 4 is 28.2 Å². The first-order valence-corrected chi connectivity index (χ1v) is 11.9. The third-order valence-corrected chi connectivity index (χ3v) is 6.79. The number of amides is 1. The van der Waals surface area contributed by atoms with Crippen molar-refractivity contribution in [1.29, 1.82) is 0 Å². The molecule has 10 nitrogen and oxygen atoms in total. The average Bonchev–Trinajstić information content (AvgIpc) is 3.30. The minimum absolute atomic E-state index is 0.0721. The highest BCUT2D eigenvalue weighted by molar-refractivity contribution is 7.16. The van der Waals surface area contributed by atoms with Gasteiger partial charge in [0.15, 0.2) is 10.9 Å². The number of nitrogens with zero attached hydrogens (tertiary/aromatic N) is 4. The van der Waals surface area contributed by atoms with Crippen LogP contribution in [0.15, 0.2) is 48.9 Å². The maximum absolute atomic E-state index is 13.1. The Balaban J connectivity index is 1.60. The molecule has 1 aromatic carbocycles. The van der Waals surface area contributed by atoms with Crippen LogP contribution in [-0.4, -0.2) is 68.1 Å². The molecule has 2 aromatic heterocycles. The van der Waals surface area contributed by atoms with Gasteiger partial charge in [0.25, 0.3) is 5.91 Å². The van der Waals surface area contributed by atoms with Crippen LogP contribution in [0.5, 0.6) is 0 Å². The van der Waals surface area contributed by atoms with Gasteiger partial charge in [-0.25, -0.2) is 19.9 Å². The lowest BCUT2D eigenvalue weighted by atomic mass is 9.85. The van der Waals surface area contributed by atoms with E-state index in [-0.39, 0.29) is 27.9 Å². The number of aliphatic hydroxyl groups is 2. The third-order valence-electron chi connectivity index (χ3n) is 5.74. The molecule has 3 aromatic rings. The van der Waals surface area contributed by atoms with E-state index in [0.29, 0.717) is 37.6 Å². The molecular formula is C24H27N5O5S. The molecule has 0 atom stereocenters. The van der Waals surface area contributed by atoms with E-state index >= 15 is 0 Å². The molecular weight excluding hydrogens is 470 g/mol. The highest BCUT2D eigenvalue weighted by atomic mass is 32.1. The molecule has 1 aliphatic heterocycles. The van der Waals surface area contributed by atoms with Gasteiger partial charge in [0.05, 0.1) is 24.3 Å². The van der Waals surface area contributed by atoms with E-state index in [1.165, 1.54) is 23.5 Å². The minimum atomic E-state index is -2.30. The van der Waals surface area contributed by atoms with Crippen LogP contribution in [0.3, 0.4) is 0 Å². The quantitative estimate of drug-likeness (QED) is 0.316. The topological polar surface area (TPSA) is 138 Å². The summed E-state index contributed by atoms with van der Waals surface area (Å²) in [6.45, 7) is 4.73. The van der Waals surface area contributed by atoms with Gasteiger partial charge in [-0.2, -0.15) is 0 Å². The first-order chi connectivity index (χ1) is 16.7. The van der Waals surface area contributed by atoms with Crippen LogP contribution < -0.4 is 5.32 Å². The lowest BCUT2D eigenvalue weighted by Gasteiger charge is -2.36. The van der Waals surface area contributed by atoms with Gasteiger partial charge in [-0.3, -0.25) is 9.59 Å². The molecule has 35 heavy (non-hydrogen) atoms. The lowest BCUT2D eigenvalue weighted by molar-refractivity contribution is -0.284. The first-order valence-electron chi connectivity index (χ1n) is 11.1. The van der Waals surface area contributed by atoms with Crippen LogP contribution in [0.2, 0.25) is 0 Å². The van der Waals surface area contributed by atoms with Gasteiger partial charge in [-0.15, -0.1) is 0 Å². The number of aromatic nitrogens is 3. The molecule has 1 fully saturated rings. The van der Waals surface area contributed by atoms with Crippen molar-refractivity contribution in [2.45, 2.75) is 26.2 Å². The van der Waals surface area contributed by atoms with Gasteiger partial charge in [0.2, 0.25) is 5.91 Å². The van der Waals surface area contributed by atoms with E-state index in [0.717, 1.165) is 11.3 Å². The summed E-state index contributed by atoms with van der Waals surface area (Å²) in [6.07, 6.45) is 2.68. The maximum atomic E-state index is 13.1. The molecule has 3 N–H and O–H groups in total. The minimum Gasteiger partial charge on any atom is -0.379 e. The number of Topliss-reactive ketones (excluding diaryl/α,β-unsaturated/α-hetero) is 1. The number of morpholine rings is 1. The molecule has 1 amide bonds. The molecule has 0 saturated carbocycles. The highest BCUT2D eigenvalue weighted by Crippen LogP contribution is 2.40. The van der Waals surface area contributed by atoms with Gasteiger partial charge in [-0.05, 0) is 6.07 Å². The normalized spacial score (nSPS) is 15.1. The summed E-state index contributed by atoms with van der Waals surface area (Å²) in [5.74, 6) is -3.00. The molecule has 1 aliphatic rings. The van der Waals surface area contributed by atoms with Crippen LogP contribution in [0, 0.1) is 5.41 Å². The molecule has 0 radical (unpaired) electrons. The molecule has 0 spiro atoms. The summed E-state index contributed by atoms with van der Waals surface area (Å²) in [4.78, 5) is 39.7. The predicted octanol–water partition coefficient (Wildman–Crippen LogP) is 2.26. The Kier molecular flexibility index (Phi) is 7.33. The zero-order valence-electron chi connectivity index (χ0n) is 19.5. The van der Waals surface area contributed by atoms with Gasteiger partial charge in [-0.1, -0.05) is 55.5 Å². The molecule has 1 saturated heterocycles. The Morgan fingerprint density at radius 2 is 1.86 bits per heavy atom. The SMILES string of the molecule is CC(C)(CC(=O)c1ccncn1)C(=O)Nc1nc(-c2ccccc2)c(C(O)(O)N2CCOCC2)s1. The molecule has 4 rings (SSSR count). The highest BCUT2D eigenvalue weighted by Gasteiger charge is 2.40. The van der Waals surface area contributed by atoms with E-state index in [2.05, 4.69) is 20.3 Å². The number of ether oxygens (including phenoxy) is 1. The maximum Gasteiger partial charge on any atom is 0.265 e. The van der Waals surface area contributed by atoms with Crippen LogP contribution in [0.25, 0.3) is 11.3 Å². The van der Waals surface area contributed by atoms with Crippen molar-refractivity contribution in [1.82, 2.24) is 19.9 Å². The smallest absolute Gasteiger partial charge is 0.265 e. The number of rotatable bonds is 8. The van der Waals surface area contributed by atoms with Crippen molar-refractivity contribution in [3.05, 3.63) is 59.5 Å². The van der Waals surface area contributed by atoms with E-state index in [1.54, 1.807) is 13.8 Å². The van der Waals surface area contributed by atoms with Crippen molar-refractivity contribution < 1.29 is 24.5 Å². The van der Waals surface area contributed by atoms with Gasteiger partial charge >= 0.3 is 0 Å². The Hall–Kier alpha value is -3.09. The number of thiazole rings is 1. The Bertz CT molecular complexity index is 1180.